The first kappa shape index (κ1) is 15.6. The quantitative estimate of drug-likeness (QED) is 0.845. The summed E-state index contributed by atoms with van der Waals surface area (Å²) in [6.07, 6.45) is 0.732. The number of pyridine rings is 1. The number of nitriles is 1. The van der Waals surface area contributed by atoms with Crippen molar-refractivity contribution in [1.29, 1.82) is 5.26 Å². The van der Waals surface area contributed by atoms with E-state index < -0.39 is 0 Å². The minimum atomic E-state index is 0. The Morgan fingerprint density at radius 2 is 2.07 bits per heavy atom. The average molecular weight is 234 g/mol. The lowest BCUT2D eigenvalue weighted by atomic mass is 10.2. The molecule has 78 valence electrons. The molecule has 0 fully saturated rings. The third kappa shape index (κ3) is 4.43. The Morgan fingerprint density at radius 1 is 1.43 bits per heavy atom. The normalized spacial score (nSPS) is 8.07. The molecule has 0 radical (unpaired) electrons. The number of halogens is 2. The molecule has 0 spiro atoms. The van der Waals surface area contributed by atoms with Gasteiger partial charge >= 0.3 is 0 Å². The molecule has 0 aromatic carbocycles. The largest absolute Gasteiger partial charge is 0.330 e. The molecule has 0 saturated carbocycles. The molecular weight excluding hydrogens is 221 g/mol. The van der Waals surface area contributed by atoms with Crippen LogP contribution in [0, 0.1) is 18.3 Å². The van der Waals surface area contributed by atoms with E-state index in [0.717, 1.165) is 17.7 Å². The van der Waals surface area contributed by atoms with Crippen LogP contribution >= 0.6 is 24.8 Å². The first-order valence-electron chi connectivity index (χ1n) is 3.84. The van der Waals surface area contributed by atoms with Crippen molar-refractivity contribution in [3.8, 4) is 6.07 Å². The molecule has 0 aliphatic carbocycles. The van der Waals surface area contributed by atoms with Gasteiger partial charge in [0.1, 0.15) is 11.8 Å². The van der Waals surface area contributed by atoms with Crippen LogP contribution in [-0.4, -0.2) is 11.5 Å². The molecule has 0 amide bonds. The lowest BCUT2D eigenvalue weighted by Gasteiger charge is -1.99. The van der Waals surface area contributed by atoms with Crippen molar-refractivity contribution < 1.29 is 0 Å². The van der Waals surface area contributed by atoms with Crippen LogP contribution in [0.2, 0.25) is 0 Å². The van der Waals surface area contributed by atoms with Crippen molar-refractivity contribution in [2.24, 2.45) is 5.73 Å². The van der Waals surface area contributed by atoms with Crippen LogP contribution in [0.1, 0.15) is 17.0 Å². The summed E-state index contributed by atoms with van der Waals surface area (Å²) in [5, 5.41) is 8.61. The summed E-state index contributed by atoms with van der Waals surface area (Å²) in [4.78, 5) is 4.10. The molecule has 0 aliphatic heterocycles. The Hall–Kier alpha value is -0.820. The maximum Gasteiger partial charge on any atom is 0.141 e. The Bertz CT molecular complexity index is 320. The Balaban J connectivity index is 0. The van der Waals surface area contributed by atoms with Gasteiger partial charge < -0.3 is 5.73 Å². The fourth-order valence-electron chi connectivity index (χ4n) is 1.07. The first-order chi connectivity index (χ1) is 5.76. The molecule has 0 atom stereocenters. The van der Waals surface area contributed by atoms with Crippen LogP contribution in [0.5, 0.6) is 0 Å². The Kier molecular flexibility index (Phi) is 8.46. The number of hydrogen-bond donors (Lipinski definition) is 1. The van der Waals surface area contributed by atoms with Crippen molar-refractivity contribution in [1.82, 2.24) is 4.98 Å². The number of hydrogen-bond acceptors (Lipinski definition) is 3. The topological polar surface area (TPSA) is 62.7 Å². The van der Waals surface area contributed by atoms with E-state index in [2.05, 4.69) is 4.98 Å². The predicted molar refractivity (Wildman–Crippen MR) is 60.9 cm³/mol. The van der Waals surface area contributed by atoms with E-state index in [-0.39, 0.29) is 24.8 Å². The van der Waals surface area contributed by atoms with Gasteiger partial charge in [0.2, 0.25) is 0 Å². The Morgan fingerprint density at radius 3 is 2.57 bits per heavy atom. The minimum Gasteiger partial charge on any atom is -0.330 e. The molecule has 3 nitrogen and oxygen atoms in total. The molecule has 5 heteroatoms. The van der Waals surface area contributed by atoms with E-state index in [9.17, 15) is 0 Å². The lowest BCUT2D eigenvalue weighted by molar-refractivity contribution is 0.915. The van der Waals surface area contributed by atoms with E-state index in [1.165, 1.54) is 0 Å². The zero-order valence-corrected chi connectivity index (χ0v) is 9.49. The molecule has 2 N–H and O–H groups in total. The number of rotatable bonds is 2. The third-order valence-electron chi connectivity index (χ3n) is 1.54. The number of aryl methyl sites for hydroxylation is 1. The summed E-state index contributed by atoms with van der Waals surface area (Å²) in [7, 11) is 0. The van der Waals surface area contributed by atoms with Crippen molar-refractivity contribution in [2.75, 3.05) is 6.54 Å². The SMILES string of the molecule is Cc1cc(C#N)nc(CCN)c1.Cl.Cl. The van der Waals surface area contributed by atoms with Crippen LogP contribution in [0.4, 0.5) is 0 Å². The van der Waals surface area contributed by atoms with Crippen LogP contribution in [0.25, 0.3) is 0 Å². The maximum absolute atomic E-state index is 8.61. The molecule has 1 aromatic rings. The van der Waals surface area contributed by atoms with Crippen molar-refractivity contribution in [2.45, 2.75) is 13.3 Å². The highest BCUT2D eigenvalue weighted by Gasteiger charge is 1.98. The van der Waals surface area contributed by atoms with Crippen molar-refractivity contribution in [3.63, 3.8) is 0 Å². The number of nitrogens with two attached hydrogens (primary N) is 1. The Labute approximate surface area is 96.1 Å². The summed E-state index contributed by atoms with van der Waals surface area (Å²) in [5.41, 5.74) is 7.81. The van der Waals surface area contributed by atoms with Crippen molar-refractivity contribution in [3.05, 3.63) is 29.1 Å². The predicted octanol–water partition coefficient (Wildman–Crippen LogP) is 1.61. The second-order valence-electron chi connectivity index (χ2n) is 2.67. The van der Waals surface area contributed by atoms with Gasteiger partial charge in [0.05, 0.1) is 0 Å². The third-order valence-corrected chi connectivity index (χ3v) is 1.54. The van der Waals surface area contributed by atoms with Gasteiger partial charge in [0, 0.05) is 12.1 Å². The summed E-state index contributed by atoms with van der Waals surface area (Å²) in [6.45, 7) is 2.52. The average Bonchev–Trinajstić information content (AvgIpc) is 2.04. The van der Waals surface area contributed by atoms with E-state index in [4.69, 9.17) is 11.0 Å². The standard InChI is InChI=1S/C9H11N3.2ClH/c1-7-4-8(2-3-10)12-9(5-7)6-11;;/h4-5H,2-3,10H2,1H3;2*1H. The van der Waals surface area contributed by atoms with Gasteiger partial charge in [-0.05, 0) is 31.2 Å². The van der Waals surface area contributed by atoms with Crippen LogP contribution in [0.15, 0.2) is 12.1 Å². The zero-order chi connectivity index (χ0) is 8.97. The van der Waals surface area contributed by atoms with E-state index in [1.807, 2.05) is 19.1 Å². The molecule has 0 saturated heterocycles. The molecule has 0 unspecified atom stereocenters. The van der Waals surface area contributed by atoms with E-state index in [0.29, 0.717) is 12.2 Å². The number of nitrogens with zero attached hydrogens (tertiary/aromatic N) is 2. The van der Waals surface area contributed by atoms with Gasteiger partial charge in [-0.25, -0.2) is 4.98 Å². The van der Waals surface area contributed by atoms with Gasteiger partial charge in [-0.2, -0.15) is 5.26 Å². The fourth-order valence-corrected chi connectivity index (χ4v) is 1.07. The van der Waals surface area contributed by atoms with E-state index in [1.54, 1.807) is 6.07 Å². The fraction of sp³-hybridized carbons (Fsp3) is 0.333. The molecule has 0 aliphatic rings. The van der Waals surface area contributed by atoms with Gasteiger partial charge in [-0.1, -0.05) is 0 Å². The highest BCUT2D eigenvalue weighted by molar-refractivity contribution is 5.85. The highest BCUT2D eigenvalue weighted by Crippen LogP contribution is 2.04. The summed E-state index contributed by atoms with van der Waals surface area (Å²) >= 11 is 0. The summed E-state index contributed by atoms with van der Waals surface area (Å²) in [6, 6.07) is 5.73. The molecule has 14 heavy (non-hydrogen) atoms. The monoisotopic (exact) mass is 233 g/mol. The lowest BCUT2D eigenvalue weighted by Crippen LogP contribution is -2.05. The first-order valence-corrected chi connectivity index (χ1v) is 3.84. The second-order valence-corrected chi connectivity index (χ2v) is 2.67. The smallest absolute Gasteiger partial charge is 0.141 e. The summed E-state index contributed by atoms with van der Waals surface area (Å²) < 4.78 is 0. The molecular formula is C9H13Cl2N3. The molecule has 1 heterocycles. The van der Waals surface area contributed by atoms with E-state index >= 15 is 0 Å². The highest BCUT2D eigenvalue weighted by atomic mass is 35.5. The van der Waals surface area contributed by atoms with Crippen LogP contribution in [0.3, 0.4) is 0 Å². The maximum atomic E-state index is 8.61. The van der Waals surface area contributed by atoms with Crippen LogP contribution < -0.4 is 5.73 Å². The molecule has 1 aromatic heterocycles. The zero-order valence-electron chi connectivity index (χ0n) is 7.86. The van der Waals surface area contributed by atoms with Crippen molar-refractivity contribution >= 4 is 24.8 Å². The molecule has 0 bridgehead atoms. The van der Waals surface area contributed by atoms with Gasteiger partial charge in [-0.3, -0.25) is 0 Å². The molecule has 1 rings (SSSR count). The number of aromatic nitrogens is 1. The van der Waals surface area contributed by atoms with Gasteiger partial charge in [0.15, 0.2) is 0 Å². The van der Waals surface area contributed by atoms with Gasteiger partial charge in [-0.15, -0.1) is 24.8 Å². The second kappa shape index (κ2) is 7.57. The van der Waals surface area contributed by atoms with Crippen LogP contribution in [-0.2, 0) is 6.42 Å². The minimum absolute atomic E-state index is 0. The van der Waals surface area contributed by atoms with Gasteiger partial charge in [0.25, 0.3) is 0 Å². The summed E-state index contributed by atoms with van der Waals surface area (Å²) in [5.74, 6) is 0.